The van der Waals surface area contributed by atoms with E-state index in [-0.39, 0.29) is 17.5 Å². The fraction of sp³-hybridized carbons (Fsp3) is 0.185. The van der Waals surface area contributed by atoms with Crippen LogP contribution in [0.4, 0.5) is 10.2 Å². The number of hydrogen-bond donors (Lipinski definition) is 1. The highest BCUT2D eigenvalue weighted by Crippen LogP contribution is 2.29. The summed E-state index contributed by atoms with van der Waals surface area (Å²) in [5.41, 5.74) is 5.75. The van der Waals surface area contributed by atoms with Gasteiger partial charge in [0.1, 0.15) is 17.7 Å². The van der Waals surface area contributed by atoms with E-state index in [1.54, 1.807) is 12.1 Å². The van der Waals surface area contributed by atoms with Crippen molar-refractivity contribution in [1.29, 1.82) is 5.26 Å². The molecule has 0 bridgehead atoms. The fourth-order valence-corrected chi connectivity index (χ4v) is 5.12. The molecule has 0 saturated carbocycles. The van der Waals surface area contributed by atoms with Crippen molar-refractivity contribution in [2.24, 2.45) is 0 Å². The van der Waals surface area contributed by atoms with Gasteiger partial charge in [0, 0.05) is 17.6 Å². The third kappa shape index (κ3) is 4.20. The maximum atomic E-state index is 13.4. The Labute approximate surface area is 211 Å². The normalized spacial score (nSPS) is 11.2. The Morgan fingerprint density at radius 1 is 1.11 bits per heavy atom. The average Bonchev–Trinajstić information content (AvgIpc) is 3.38. The van der Waals surface area contributed by atoms with Gasteiger partial charge in [-0.15, -0.1) is 10.2 Å². The molecule has 9 heteroatoms. The van der Waals surface area contributed by atoms with Gasteiger partial charge >= 0.3 is 0 Å². The van der Waals surface area contributed by atoms with Gasteiger partial charge in [0.15, 0.2) is 10.8 Å². The summed E-state index contributed by atoms with van der Waals surface area (Å²) in [5.74, 6) is -0.0447. The van der Waals surface area contributed by atoms with Crippen molar-refractivity contribution < 1.29 is 9.18 Å². The van der Waals surface area contributed by atoms with Gasteiger partial charge in [-0.1, -0.05) is 42.1 Å². The molecule has 36 heavy (non-hydrogen) atoms. The number of aromatic nitrogens is 4. The number of thioether (sulfide) groups is 1. The largest absolute Gasteiger partial charge is 0.326 e. The molecule has 3 heterocycles. The number of benzene rings is 2. The van der Waals surface area contributed by atoms with E-state index in [0.29, 0.717) is 23.1 Å². The second-order valence-corrected chi connectivity index (χ2v) is 9.56. The SMILES string of the molecule is Cc1c(C#N)c(NC(=O)CSc2nnc3cc(C)c4ccccc4n23)n(Cc2ccc(F)cc2)c1C. The quantitative estimate of drug-likeness (QED) is 0.317. The van der Waals surface area contributed by atoms with Crippen molar-refractivity contribution in [2.75, 3.05) is 11.1 Å². The van der Waals surface area contributed by atoms with Gasteiger partial charge in [-0.05, 0) is 61.7 Å². The van der Waals surface area contributed by atoms with Gasteiger partial charge in [0.25, 0.3) is 0 Å². The molecule has 5 rings (SSSR count). The number of fused-ring (bicyclic) bond motifs is 3. The maximum Gasteiger partial charge on any atom is 0.235 e. The molecule has 1 N–H and O–H groups in total. The highest BCUT2D eigenvalue weighted by Gasteiger charge is 2.21. The monoisotopic (exact) mass is 498 g/mol. The fourth-order valence-electron chi connectivity index (χ4n) is 4.37. The summed E-state index contributed by atoms with van der Waals surface area (Å²) in [6.45, 7) is 6.20. The summed E-state index contributed by atoms with van der Waals surface area (Å²) in [7, 11) is 0. The molecule has 0 fully saturated rings. The molecule has 3 aromatic heterocycles. The van der Waals surface area contributed by atoms with Crippen LogP contribution in [0.2, 0.25) is 0 Å². The van der Waals surface area contributed by atoms with Crippen LogP contribution in [0.1, 0.15) is 27.9 Å². The zero-order valence-electron chi connectivity index (χ0n) is 20.0. The number of carbonyl (C=O) groups is 1. The molecule has 0 saturated heterocycles. The molecule has 0 atom stereocenters. The number of para-hydroxylation sites is 1. The van der Waals surface area contributed by atoms with Crippen LogP contribution in [0, 0.1) is 37.9 Å². The molecule has 0 aliphatic carbocycles. The van der Waals surface area contributed by atoms with Crippen LogP contribution >= 0.6 is 11.8 Å². The first-order chi connectivity index (χ1) is 17.4. The first-order valence-electron chi connectivity index (χ1n) is 11.4. The topological polar surface area (TPSA) is 88.0 Å². The number of nitrogens with one attached hydrogen (secondary N) is 1. The van der Waals surface area contributed by atoms with Gasteiger partial charge in [-0.25, -0.2) is 4.39 Å². The van der Waals surface area contributed by atoms with E-state index in [4.69, 9.17) is 0 Å². The molecule has 2 aromatic carbocycles. The molecule has 0 aliphatic rings. The summed E-state index contributed by atoms with van der Waals surface area (Å²) in [6, 6.07) is 18.4. The number of nitriles is 1. The van der Waals surface area contributed by atoms with E-state index in [2.05, 4.69) is 27.6 Å². The van der Waals surface area contributed by atoms with Crippen LogP contribution in [-0.2, 0) is 11.3 Å². The van der Waals surface area contributed by atoms with E-state index in [1.165, 1.54) is 23.9 Å². The molecular weight excluding hydrogens is 475 g/mol. The zero-order chi connectivity index (χ0) is 25.4. The molecule has 0 spiro atoms. The van der Waals surface area contributed by atoms with Crippen molar-refractivity contribution in [1.82, 2.24) is 19.2 Å². The first-order valence-corrected chi connectivity index (χ1v) is 12.4. The van der Waals surface area contributed by atoms with Crippen molar-refractivity contribution in [3.8, 4) is 6.07 Å². The van der Waals surface area contributed by atoms with Gasteiger partial charge in [-0.2, -0.15) is 5.26 Å². The number of anilines is 1. The predicted molar refractivity (Wildman–Crippen MR) is 139 cm³/mol. The van der Waals surface area contributed by atoms with Crippen LogP contribution in [0.15, 0.2) is 59.8 Å². The number of aryl methyl sites for hydroxylation is 1. The lowest BCUT2D eigenvalue weighted by atomic mass is 10.1. The van der Waals surface area contributed by atoms with Gasteiger partial charge < -0.3 is 9.88 Å². The zero-order valence-corrected chi connectivity index (χ0v) is 20.9. The minimum Gasteiger partial charge on any atom is -0.326 e. The second kappa shape index (κ2) is 9.47. The number of nitrogens with zero attached hydrogens (tertiary/aromatic N) is 5. The number of carbonyl (C=O) groups excluding carboxylic acids is 1. The van der Waals surface area contributed by atoms with Crippen molar-refractivity contribution >= 4 is 40.0 Å². The number of rotatable bonds is 6. The van der Waals surface area contributed by atoms with Crippen LogP contribution < -0.4 is 5.32 Å². The maximum absolute atomic E-state index is 13.4. The van der Waals surface area contributed by atoms with Crippen molar-refractivity contribution in [2.45, 2.75) is 32.5 Å². The lowest BCUT2D eigenvalue weighted by Gasteiger charge is -2.13. The van der Waals surface area contributed by atoms with Gasteiger partial charge in [0.05, 0.1) is 16.8 Å². The number of pyridine rings is 1. The van der Waals surface area contributed by atoms with E-state index in [0.717, 1.165) is 38.9 Å². The van der Waals surface area contributed by atoms with Crippen LogP contribution in [-0.4, -0.2) is 30.8 Å². The number of halogens is 1. The standard InChI is InChI=1S/C27H23FN6OS/c1-16-12-24-31-32-27(34(24)23-7-5-4-6-21(16)23)36-15-25(35)30-26-22(13-29)17(2)18(3)33(26)14-19-8-10-20(28)11-9-19/h4-12H,14-15H2,1-3H3,(H,30,35). The molecule has 5 aromatic rings. The van der Waals surface area contributed by atoms with Crippen molar-refractivity contribution in [3.63, 3.8) is 0 Å². The lowest BCUT2D eigenvalue weighted by Crippen LogP contribution is -2.18. The Balaban J connectivity index is 1.40. The minimum atomic E-state index is -0.314. The van der Waals surface area contributed by atoms with E-state index < -0.39 is 0 Å². The van der Waals surface area contributed by atoms with E-state index in [1.807, 2.05) is 54.0 Å². The molecule has 0 radical (unpaired) electrons. The third-order valence-corrected chi connectivity index (χ3v) is 7.29. The minimum absolute atomic E-state index is 0.0910. The Kier molecular flexibility index (Phi) is 6.20. The Bertz CT molecular complexity index is 1660. The van der Waals surface area contributed by atoms with Gasteiger partial charge in [-0.3, -0.25) is 9.20 Å². The van der Waals surface area contributed by atoms with Crippen LogP contribution in [0.5, 0.6) is 0 Å². The third-order valence-electron chi connectivity index (χ3n) is 6.36. The highest BCUT2D eigenvalue weighted by atomic mass is 32.2. The second-order valence-electron chi connectivity index (χ2n) is 8.62. The average molecular weight is 499 g/mol. The van der Waals surface area contributed by atoms with E-state index >= 15 is 0 Å². The first kappa shape index (κ1) is 23.6. The molecule has 7 nitrogen and oxygen atoms in total. The predicted octanol–water partition coefficient (Wildman–Crippen LogP) is 5.40. The molecule has 180 valence electrons. The number of amides is 1. The molecular formula is C27H23FN6OS. The van der Waals surface area contributed by atoms with Crippen LogP contribution in [0.25, 0.3) is 16.6 Å². The Morgan fingerprint density at radius 3 is 2.61 bits per heavy atom. The van der Waals surface area contributed by atoms with Gasteiger partial charge in [0.2, 0.25) is 5.91 Å². The number of hydrogen-bond acceptors (Lipinski definition) is 5. The summed E-state index contributed by atoms with van der Waals surface area (Å²) in [6.07, 6.45) is 0. The smallest absolute Gasteiger partial charge is 0.235 e. The Morgan fingerprint density at radius 2 is 1.86 bits per heavy atom. The Hall–Kier alpha value is -4.16. The summed E-state index contributed by atoms with van der Waals surface area (Å²) in [4.78, 5) is 13.0. The summed E-state index contributed by atoms with van der Waals surface area (Å²) >= 11 is 1.28. The molecule has 0 aliphatic heterocycles. The summed E-state index contributed by atoms with van der Waals surface area (Å²) < 4.78 is 17.2. The summed E-state index contributed by atoms with van der Waals surface area (Å²) in [5, 5.41) is 23.0. The lowest BCUT2D eigenvalue weighted by molar-refractivity contribution is -0.113. The van der Waals surface area contributed by atoms with E-state index in [9.17, 15) is 14.4 Å². The highest BCUT2D eigenvalue weighted by molar-refractivity contribution is 7.99. The van der Waals surface area contributed by atoms with Crippen molar-refractivity contribution in [3.05, 3.63) is 88.4 Å². The molecule has 0 unspecified atom stereocenters. The molecule has 1 amide bonds. The van der Waals surface area contributed by atoms with Crippen LogP contribution in [0.3, 0.4) is 0 Å².